The largest absolute Gasteiger partial charge is 0.450 e. The highest BCUT2D eigenvalue weighted by Crippen LogP contribution is 2.30. The van der Waals surface area contributed by atoms with Gasteiger partial charge in [0.2, 0.25) is 5.91 Å². The van der Waals surface area contributed by atoms with Crippen LogP contribution in [0, 0.1) is 0 Å². The average molecular weight is 379 g/mol. The van der Waals surface area contributed by atoms with E-state index in [1.807, 2.05) is 36.4 Å². The molecule has 1 aromatic heterocycles. The number of ether oxygens (including phenoxy) is 1. The van der Waals surface area contributed by atoms with E-state index in [1.165, 1.54) is 6.08 Å². The molecule has 5 nitrogen and oxygen atoms in total. The summed E-state index contributed by atoms with van der Waals surface area (Å²) >= 11 is 7.58. The van der Waals surface area contributed by atoms with Gasteiger partial charge in [-0.3, -0.25) is 4.79 Å². The summed E-state index contributed by atoms with van der Waals surface area (Å²) in [6.07, 6.45) is 2.74. The minimum atomic E-state index is -0.487. The van der Waals surface area contributed by atoms with Crippen LogP contribution in [0.25, 0.3) is 16.5 Å². The second-order valence-electron chi connectivity index (χ2n) is 4.98. The highest BCUT2D eigenvalue weighted by atomic mass is 35.5. The van der Waals surface area contributed by atoms with Crippen molar-refractivity contribution in [3.05, 3.63) is 52.4 Å². The first kappa shape index (κ1) is 19.0. The minimum absolute atomic E-state index is 0.219. The molecule has 7 heteroatoms. The Morgan fingerprint density at radius 2 is 2.00 bits per heavy atom. The molecule has 0 saturated carbocycles. The second-order valence-corrected chi connectivity index (χ2v) is 6.54. The topological polar surface area (TPSA) is 67.4 Å². The van der Waals surface area contributed by atoms with Gasteiger partial charge in [-0.05, 0) is 42.8 Å². The number of hydrogen-bond acceptors (Lipinski definition) is 4. The fourth-order valence-corrected chi connectivity index (χ4v) is 3.09. The van der Waals surface area contributed by atoms with Crippen molar-refractivity contribution in [2.24, 2.45) is 0 Å². The summed E-state index contributed by atoms with van der Waals surface area (Å²) in [5.41, 5.74) is 1.05. The standard InChI is InChI=1S/C18H19ClN2O3S/c1-2-24-18(23)21-11-10-20-17(22)9-7-15-6-8-16(25-15)13-4-3-5-14(19)12-13/h3-9,12H,2,10-11H2,1H3,(H,20,22)(H,21,23)/b9-7+. The first-order chi connectivity index (χ1) is 12.1. The molecule has 0 atom stereocenters. The maximum absolute atomic E-state index is 11.8. The Balaban J connectivity index is 1.80. The highest BCUT2D eigenvalue weighted by molar-refractivity contribution is 7.16. The van der Waals surface area contributed by atoms with Crippen LogP contribution in [-0.4, -0.2) is 31.7 Å². The van der Waals surface area contributed by atoms with Crippen LogP contribution in [-0.2, 0) is 9.53 Å². The van der Waals surface area contributed by atoms with E-state index in [0.717, 1.165) is 15.3 Å². The van der Waals surface area contributed by atoms with E-state index >= 15 is 0 Å². The van der Waals surface area contributed by atoms with Gasteiger partial charge in [-0.25, -0.2) is 4.79 Å². The maximum Gasteiger partial charge on any atom is 0.407 e. The fraction of sp³-hybridized carbons (Fsp3) is 0.222. The van der Waals surface area contributed by atoms with Gasteiger partial charge in [0.15, 0.2) is 0 Å². The Morgan fingerprint density at radius 1 is 1.20 bits per heavy atom. The molecule has 0 bridgehead atoms. The maximum atomic E-state index is 11.8. The van der Waals surface area contributed by atoms with Crippen LogP contribution < -0.4 is 10.6 Å². The van der Waals surface area contributed by atoms with E-state index < -0.39 is 6.09 Å². The Bertz CT molecular complexity index is 758. The summed E-state index contributed by atoms with van der Waals surface area (Å²) in [5.74, 6) is -0.219. The first-order valence-electron chi connectivity index (χ1n) is 7.81. The first-order valence-corrected chi connectivity index (χ1v) is 9.00. The van der Waals surface area contributed by atoms with E-state index in [-0.39, 0.29) is 5.91 Å². The number of benzene rings is 1. The monoisotopic (exact) mass is 378 g/mol. The fourth-order valence-electron chi connectivity index (χ4n) is 1.99. The molecule has 1 heterocycles. The average Bonchev–Trinajstić information content (AvgIpc) is 3.06. The molecule has 2 amide bonds. The van der Waals surface area contributed by atoms with E-state index in [2.05, 4.69) is 10.6 Å². The van der Waals surface area contributed by atoms with Crippen molar-refractivity contribution in [3.8, 4) is 10.4 Å². The van der Waals surface area contributed by atoms with Gasteiger partial charge in [0.1, 0.15) is 0 Å². The van der Waals surface area contributed by atoms with E-state index in [1.54, 1.807) is 24.3 Å². The Hall–Kier alpha value is -2.31. The van der Waals surface area contributed by atoms with Gasteiger partial charge in [-0.1, -0.05) is 23.7 Å². The lowest BCUT2D eigenvalue weighted by Gasteiger charge is -2.05. The summed E-state index contributed by atoms with van der Waals surface area (Å²) in [6.45, 7) is 2.70. The molecule has 2 N–H and O–H groups in total. The van der Waals surface area contributed by atoms with Gasteiger partial charge >= 0.3 is 6.09 Å². The van der Waals surface area contributed by atoms with Crippen molar-refractivity contribution in [2.45, 2.75) is 6.92 Å². The molecule has 2 aromatic rings. The molecule has 0 saturated heterocycles. The van der Waals surface area contributed by atoms with Crippen LogP contribution in [0.5, 0.6) is 0 Å². The van der Waals surface area contributed by atoms with Crippen molar-refractivity contribution in [1.82, 2.24) is 10.6 Å². The van der Waals surface area contributed by atoms with Crippen molar-refractivity contribution >= 4 is 41.0 Å². The van der Waals surface area contributed by atoms with Crippen LogP contribution in [0.3, 0.4) is 0 Å². The molecule has 1 aromatic carbocycles. The summed E-state index contributed by atoms with van der Waals surface area (Å²) in [4.78, 5) is 24.9. The molecule has 2 rings (SSSR count). The molecule has 132 valence electrons. The summed E-state index contributed by atoms with van der Waals surface area (Å²) in [7, 11) is 0. The number of hydrogen-bond donors (Lipinski definition) is 2. The van der Waals surface area contributed by atoms with Crippen LogP contribution in [0.1, 0.15) is 11.8 Å². The van der Waals surface area contributed by atoms with E-state index in [4.69, 9.17) is 16.3 Å². The molecule has 25 heavy (non-hydrogen) atoms. The number of halogens is 1. The molecule has 0 unspecified atom stereocenters. The molecule has 0 aliphatic heterocycles. The lowest BCUT2D eigenvalue weighted by Crippen LogP contribution is -2.34. The van der Waals surface area contributed by atoms with Crippen molar-refractivity contribution in [3.63, 3.8) is 0 Å². The third-order valence-corrected chi connectivity index (χ3v) is 4.44. The Labute approximate surface area is 155 Å². The number of rotatable bonds is 7. The van der Waals surface area contributed by atoms with Crippen LogP contribution in [0.4, 0.5) is 4.79 Å². The summed E-state index contributed by atoms with van der Waals surface area (Å²) in [6, 6.07) is 11.6. The Kier molecular flexibility index (Phi) is 7.50. The number of nitrogens with one attached hydrogen (secondary N) is 2. The molecular weight excluding hydrogens is 360 g/mol. The van der Waals surface area contributed by atoms with Crippen LogP contribution in [0.2, 0.25) is 5.02 Å². The number of alkyl carbamates (subject to hydrolysis) is 1. The molecule has 0 spiro atoms. The molecule has 0 aliphatic carbocycles. The van der Waals surface area contributed by atoms with E-state index in [0.29, 0.717) is 24.7 Å². The lowest BCUT2D eigenvalue weighted by molar-refractivity contribution is -0.116. The SMILES string of the molecule is CCOC(=O)NCCNC(=O)/C=C/c1ccc(-c2cccc(Cl)c2)s1. The summed E-state index contributed by atoms with van der Waals surface area (Å²) in [5, 5.41) is 5.91. The predicted octanol–water partition coefficient (Wildman–Crippen LogP) is 3.94. The van der Waals surface area contributed by atoms with Gasteiger partial charge in [-0.2, -0.15) is 0 Å². The smallest absolute Gasteiger partial charge is 0.407 e. The van der Waals surface area contributed by atoms with Gasteiger partial charge < -0.3 is 15.4 Å². The van der Waals surface area contributed by atoms with Crippen molar-refractivity contribution in [1.29, 1.82) is 0 Å². The van der Waals surface area contributed by atoms with Crippen LogP contribution >= 0.6 is 22.9 Å². The zero-order chi connectivity index (χ0) is 18.1. The number of amides is 2. The number of carbonyl (C=O) groups excluding carboxylic acids is 2. The zero-order valence-electron chi connectivity index (χ0n) is 13.8. The van der Waals surface area contributed by atoms with E-state index in [9.17, 15) is 9.59 Å². The summed E-state index contributed by atoms with van der Waals surface area (Å²) < 4.78 is 4.72. The number of thiophene rings is 1. The molecule has 0 radical (unpaired) electrons. The molecular formula is C18H19ClN2O3S. The second kappa shape index (κ2) is 9.86. The molecule has 0 aliphatic rings. The predicted molar refractivity (Wildman–Crippen MR) is 102 cm³/mol. The normalized spacial score (nSPS) is 10.6. The zero-order valence-corrected chi connectivity index (χ0v) is 15.3. The highest BCUT2D eigenvalue weighted by Gasteiger charge is 2.03. The third-order valence-electron chi connectivity index (χ3n) is 3.10. The van der Waals surface area contributed by atoms with Gasteiger partial charge in [0, 0.05) is 33.9 Å². The lowest BCUT2D eigenvalue weighted by atomic mass is 10.2. The van der Waals surface area contributed by atoms with Crippen molar-refractivity contribution in [2.75, 3.05) is 19.7 Å². The quantitative estimate of drug-likeness (QED) is 0.566. The van der Waals surface area contributed by atoms with Crippen molar-refractivity contribution < 1.29 is 14.3 Å². The van der Waals surface area contributed by atoms with Gasteiger partial charge in [0.05, 0.1) is 6.61 Å². The minimum Gasteiger partial charge on any atom is -0.450 e. The van der Waals surface area contributed by atoms with Crippen LogP contribution in [0.15, 0.2) is 42.5 Å². The molecule has 0 fully saturated rings. The third kappa shape index (κ3) is 6.60. The number of carbonyl (C=O) groups is 2. The van der Waals surface area contributed by atoms with Gasteiger partial charge in [0.25, 0.3) is 0 Å². The Morgan fingerprint density at radius 3 is 2.76 bits per heavy atom. The van der Waals surface area contributed by atoms with Gasteiger partial charge in [-0.15, -0.1) is 11.3 Å².